The van der Waals surface area contributed by atoms with Crippen LogP contribution in [0.25, 0.3) is 10.8 Å². The van der Waals surface area contributed by atoms with E-state index in [4.69, 9.17) is 4.74 Å². The molecule has 1 aliphatic heterocycles. The Kier molecular flexibility index (Phi) is 6.67. The first-order chi connectivity index (χ1) is 15.7. The molecule has 1 fully saturated rings. The molecule has 0 saturated carbocycles. The largest absolute Gasteiger partial charge is 0.416 e. The monoisotopic (exact) mass is 460 g/mol. The summed E-state index contributed by atoms with van der Waals surface area (Å²) >= 11 is 0. The van der Waals surface area contributed by atoms with Crippen LogP contribution in [0.1, 0.15) is 29.7 Å². The van der Waals surface area contributed by atoms with Gasteiger partial charge in [0.2, 0.25) is 5.91 Å². The van der Waals surface area contributed by atoms with E-state index in [1.165, 1.54) is 4.90 Å². The number of morpholine rings is 1. The number of carbonyl (C=O) groups is 1. The van der Waals surface area contributed by atoms with Crippen LogP contribution in [0, 0.1) is 5.82 Å². The first kappa shape index (κ1) is 23.2. The van der Waals surface area contributed by atoms with Crippen molar-refractivity contribution in [1.29, 1.82) is 0 Å². The van der Waals surface area contributed by atoms with Crippen molar-refractivity contribution < 1.29 is 27.1 Å². The number of hydrogen-bond acceptors (Lipinski definition) is 3. The summed E-state index contributed by atoms with van der Waals surface area (Å²) in [5, 5.41) is 5.68. The zero-order valence-corrected chi connectivity index (χ0v) is 18.0. The van der Waals surface area contributed by atoms with Gasteiger partial charge in [0.05, 0.1) is 11.7 Å². The second-order valence-electron chi connectivity index (χ2n) is 8.20. The van der Waals surface area contributed by atoms with Gasteiger partial charge in [0, 0.05) is 25.7 Å². The molecule has 8 heteroatoms. The van der Waals surface area contributed by atoms with Gasteiger partial charge in [-0.2, -0.15) is 13.2 Å². The summed E-state index contributed by atoms with van der Waals surface area (Å²) in [6, 6.07) is 16.7. The number of rotatable bonds is 6. The number of hydrogen-bond donors (Lipinski definition) is 1. The van der Waals surface area contributed by atoms with Crippen molar-refractivity contribution in [3.05, 3.63) is 83.2 Å². The zero-order valence-electron chi connectivity index (χ0n) is 18.0. The molecule has 3 aromatic carbocycles. The number of nitrogens with zero attached hydrogens (tertiary/aromatic N) is 1. The Labute approximate surface area is 189 Å². The SMILES string of the molecule is C[C@@H](NCC1CN(Cc2ccc(F)cc2C(F)(F)F)C(=O)CO1)c1cccc2ccccc12. The maximum absolute atomic E-state index is 13.4. The number of fused-ring (bicyclic) bond motifs is 1. The Hall–Kier alpha value is -2.97. The molecule has 2 atom stereocenters. The summed E-state index contributed by atoms with van der Waals surface area (Å²) in [5.41, 5.74) is -0.0889. The van der Waals surface area contributed by atoms with Gasteiger partial charge < -0.3 is 15.0 Å². The van der Waals surface area contributed by atoms with Crippen LogP contribution in [0.5, 0.6) is 0 Å². The lowest BCUT2D eigenvalue weighted by atomic mass is 9.99. The van der Waals surface area contributed by atoms with Crippen molar-refractivity contribution in [1.82, 2.24) is 10.2 Å². The fraction of sp³-hybridized carbons (Fsp3) is 0.320. The highest BCUT2D eigenvalue weighted by Crippen LogP contribution is 2.33. The summed E-state index contributed by atoms with van der Waals surface area (Å²) in [6.07, 6.45) is -5.09. The van der Waals surface area contributed by atoms with Gasteiger partial charge in [0.15, 0.2) is 0 Å². The molecule has 4 rings (SSSR count). The molecule has 0 aromatic heterocycles. The van der Waals surface area contributed by atoms with Crippen molar-refractivity contribution in [2.45, 2.75) is 31.8 Å². The summed E-state index contributed by atoms with van der Waals surface area (Å²) in [5.74, 6) is -1.37. The zero-order chi connectivity index (χ0) is 23.6. The molecular weight excluding hydrogens is 436 g/mol. The van der Waals surface area contributed by atoms with E-state index in [0.29, 0.717) is 12.6 Å². The van der Waals surface area contributed by atoms with Gasteiger partial charge in [-0.15, -0.1) is 0 Å². The fourth-order valence-electron chi connectivity index (χ4n) is 4.16. The highest BCUT2D eigenvalue weighted by atomic mass is 19.4. The van der Waals surface area contributed by atoms with Gasteiger partial charge in [-0.1, -0.05) is 48.5 Å². The van der Waals surface area contributed by atoms with Crippen LogP contribution in [0.4, 0.5) is 17.6 Å². The number of nitrogens with one attached hydrogen (secondary N) is 1. The van der Waals surface area contributed by atoms with Crippen LogP contribution >= 0.6 is 0 Å². The van der Waals surface area contributed by atoms with E-state index in [1.807, 2.05) is 43.3 Å². The third kappa shape index (κ3) is 5.34. The van der Waals surface area contributed by atoms with Crippen molar-refractivity contribution in [2.75, 3.05) is 19.7 Å². The summed E-state index contributed by atoms with van der Waals surface area (Å²) in [4.78, 5) is 13.6. The minimum Gasteiger partial charge on any atom is -0.365 e. The van der Waals surface area contributed by atoms with Crippen LogP contribution < -0.4 is 5.32 Å². The summed E-state index contributed by atoms with van der Waals surface area (Å²) in [6.45, 7) is 2.12. The van der Waals surface area contributed by atoms with E-state index in [2.05, 4.69) is 11.4 Å². The van der Waals surface area contributed by atoms with E-state index in [0.717, 1.165) is 28.5 Å². The molecule has 4 nitrogen and oxygen atoms in total. The third-order valence-corrected chi connectivity index (χ3v) is 5.90. The van der Waals surface area contributed by atoms with E-state index in [-0.39, 0.29) is 37.4 Å². The van der Waals surface area contributed by atoms with Crippen LogP contribution in [0.2, 0.25) is 0 Å². The maximum atomic E-state index is 13.4. The molecule has 174 valence electrons. The second kappa shape index (κ2) is 9.49. The highest BCUT2D eigenvalue weighted by molar-refractivity contribution is 5.86. The third-order valence-electron chi connectivity index (χ3n) is 5.90. The molecule has 0 spiro atoms. The van der Waals surface area contributed by atoms with Crippen LogP contribution in [0.3, 0.4) is 0 Å². The molecule has 1 heterocycles. The Morgan fingerprint density at radius 2 is 1.88 bits per heavy atom. The Bertz CT molecular complexity index is 1140. The second-order valence-corrected chi connectivity index (χ2v) is 8.20. The lowest BCUT2D eigenvalue weighted by Gasteiger charge is -2.34. The molecule has 1 N–H and O–H groups in total. The summed E-state index contributed by atoms with van der Waals surface area (Å²) in [7, 11) is 0. The van der Waals surface area contributed by atoms with Gasteiger partial charge in [-0.3, -0.25) is 4.79 Å². The Balaban J connectivity index is 1.43. The molecule has 1 amide bonds. The molecule has 1 saturated heterocycles. The van der Waals surface area contributed by atoms with E-state index < -0.39 is 23.5 Å². The molecule has 0 radical (unpaired) electrons. The molecule has 1 unspecified atom stereocenters. The van der Waals surface area contributed by atoms with E-state index in [1.54, 1.807) is 0 Å². The fourth-order valence-corrected chi connectivity index (χ4v) is 4.16. The van der Waals surface area contributed by atoms with Crippen LogP contribution in [-0.4, -0.2) is 36.6 Å². The van der Waals surface area contributed by atoms with Crippen molar-refractivity contribution in [2.24, 2.45) is 0 Å². The number of alkyl halides is 3. The minimum atomic E-state index is -4.71. The van der Waals surface area contributed by atoms with Crippen molar-refractivity contribution >= 4 is 16.7 Å². The van der Waals surface area contributed by atoms with Gasteiger partial charge >= 0.3 is 6.18 Å². The minimum absolute atomic E-state index is 0.000270. The predicted molar refractivity (Wildman–Crippen MR) is 117 cm³/mol. The lowest BCUT2D eigenvalue weighted by molar-refractivity contribution is -0.150. The van der Waals surface area contributed by atoms with Crippen molar-refractivity contribution in [3.63, 3.8) is 0 Å². The Morgan fingerprint density at radius 3 is 2.67 bits per heavy atom. The molecule has 3 aromatic rings. The molecule has 0 bridgehead atoms. The van der Waals surface area contributed by atoms with Crippen molar-refractivity contribution in [3.8, 4) is 0 Å². The number of amides is 1. The first-order valence-electron chi connectivity index (χ1n) is 10.7. The van der Waals surface area contributed by atoms with Gasteiger partial charge in [-0.25, -0.2) is 4.39 Å². The molecule has 33 heavy (non-hydrogen) atoms. The predicted octanol–water partition coefficient (Wildman–Crippen LogP) is 5.08. The molecule has 0 aliphatic carbocycles. The average molecular weight is 460 g/mol. The topological polar surface area (TPSA) is 41.6 Å². The van der Waals surface area contributed by atoms with Crippen LogP contribution in [-0.2, 0) is 22.3 Å². The standard InChI is InChI=1S/C25H24F4N2O2/c1-16(21-8-4-6-17-5-2-3-7-22(17)21)30-12-20-14-31(24(32)15-33-20)13-18-9-10-19(26)11-23(18)25(27,28)29/h2-11,16,20,30H,12-15H2,1H3/t16-,20?/m1/s1. The summed E-state index contributed by atoms with van der Waals surface area (Å²) < 4.78 is 59.0. The molecular formula is C25H24F4N2O2. The van der Waals surface area contributed by atoms with Gasteiger partial charge in [0.25, 0.3) is 0 Å². The lowest BCUT2D eigenvalue weighted by Crippen LogP contribution is -2.49. The number of benzene rings is 3. The highest BCUT2D eigenvalue weighted by Gasteiger charge is 2.35. The van der Waals surface area contributed by atoms with E-state index in [9.17, 15) is 22.4 Å². The first-order valence-corrected chi connectivity index (χ1v) is 10.7. The van der Waals surface area contributed by atoms with Gasteiger partial charge in [-0.05, 0) is 41.0 Å². The maximum Gasteiger partial charge on any atom is 0.416 e. The van der Waals surface area contributed by atoms with Gasteiger partial charge in [0.1, 0.15) is 12.4 Å². The van der Waals surface area contributed by atoms with Crippen LogP contribution in [0.15, 0.2) is 60.7 Å². The molecule has 1 aliphatic rings. The number of ether oxygens (including phenoxy) is 1. The number of carbonyl (C=O) groups excluding carboxylic acids is 1. The van der Waals surface area contributed by atoms with E-state index >= 15 is 0 Å². The smallest absolute Gasteiger partial charge is 0.365 e. The number of halogens is 4. The average Bonchev–Trinajstić information content (AvgIpc) is 2.79. The Morgan fingerprint density at radius 1 is 1.12 bits per heavy atom. The quantitative estimate of drug-likeness (QED) is 0.522. The normalized spacial score (nSPS) is 18.0.